The molecule has 0 spiro atoms. The molecule has 0 amide bonds. The summed E-state index contributed by atoms with van der Waals surface area (Å²) in [4.78, 5) is 13.4. The summed E-state index contributed by atoms with van der Waals surface area (Å²) in [5.74, 6) is 1.48. The molecule has 5 nitrogen and oxygen atoms in total. The van der Waals surface area contributed by atoms with Crippen LogP contribution in [0.1, 0.15) is 0 Å². The highest BCUT2D eigenvalue weighted by molar-refractivity contribution is 5.90. The van der Waals surface area contributed by atoms with Crippen LogP contribution in [0.3, 0.4) is 0 Å². The molecule has 0 unspecified atom stereocenters. The Morgan fingerprint density at radius 3 is 2.81 bits per heavy atom. The Hall–Kier alpha value is -2.53. The zero-order chi connectivity index (χ0) is 14.5. The van der Waals surface area contributed by atoms with Crippen molar-refractivity contribution in [3.05, 3.63) is 48.8 Å². The molecule has 0 fully saturated rings. The Morgan fingerprint density at radius 1 is 1.10 bits per heavy atom. The van der Waals surface area contributed by atoms with Gasteiger partial charge in [-0.2, -0.15) is 0 Å². The first-order valence-corrected chi connectivity index (χ1v) is 6.78. The molecule has 2 heterocycles. The van der Waals surface area contributed by atoms with Crippen LogP contribution in [-0.4, -0.2) is 35.2 Å². The topological polar surface area (TPSA) is 59.9 Å². The van der Waals surface area contributed by atoms with E-state index in [2.05, 4.69) is 20.3 Å². The molecule has 3 aromatic rings. The largest absolute Gasteiger partial charge is 0.383 e. The number of fused-ring (bicyclic) bond motifs is 1. The number of aromatic nitrogens is 3. The number of para-hydroxylation sites is 1. The summed E-state index contributed by atoms with van der Waals surface area (Å²) in [7, 11) is 1.68. The van der Waals surface area contributed by atoms with Crippen LogP contribution in [0.2, 0.25) is 0 Å². The molecule has 0 aliphatic heterocycles. The van der Waals surface area contributed by atoms with Gasteiger partial charge in [0.2, 0.25) is 0 Å². The van der Waals surface area contributed by atoms with Gasteiger partial charge in [0, 0.05) is 37.0 Å². The summed E-state index contributed by atoms with van der Waals surface area (Å²) >= 11 is 0. The third kappa shape index (κ3) is 2.98. The summed E-state index contributed by atoms with van der Waals surface area (Å²) in [5, 5.41) is 4.30. The molecule has 3 rings (SSSR count). The number of pyridine rings is 1. The van der Waals surface area contributed by atoms with Crippen LogP contribution in [0.15, 0.2) is 48.8 Å². The fourth-order valence-corrected chi connectivity index (χ4v) is 2.11. The summed E-state index contributed by atoms with van der Waals surface area (Å²) in [6.45, 7) is 1.32. The van der Waals surface area contributed by atoms with Gasteiger partial charge < -0.3 is 10.1 Å². The van der Waals surface area contributed by atoms with E-state index in [0.717, 1.165) is 22.3 Å². The van der Waals surface area contributed by atoms with Crippen molar-refractivity contribution in [3.8, 4) is 11.4 Å². The Labute approximate surface area is 123 Å². The summed E-state index contributed by atoms with van der Waals surface area (Å²) < 4.78 is 5.07. The van der Waals surface area contributed by atoms with Gasteiger partial charge in [0.1, 0.15) is 5.82 Å². The molecule has 1 aromatic carbocycles. The van der Waals surface area contributed by atoms with E-state index >= 15 is 0 Å². The van der Waals surface area contributed by atoms with Crippen molar-refractivity contribution in [2.75, 3.05) is 25.6 Å². The lowest BCUT2D eigenvalue weighted by Gasteiger charge is -2.10. The number of anilines is 1. The number of rotatable bonds is 5. The third-order valence-corrected chi connectivity index (χ3v) is 3.12. The summed E-state index contributed by atoms with van der Waals surface area (Å²) in [5.41, 5.74) is 1.81. The minimum atomic E-state index is 0.626. The first-order valence-electron chi connectivity index (χ1n) is 6.78. The first kappa shape index (κ1) is 13.5. The predicted molar refractivity (Wildman–Crippen MR) is 83.1 cm³/mol. The van der Waals surface area contributed by atoms with Crippen LogP contribution < -0.4 is 5.32 Å². The maximum Gasteiger partial charge on any atom is 0.163 e. The second-order valence-electron chi connectivity index (χ2n) is 4.57. The maximum absolute atomic E-state index is 5.07. The molecule has 5 heteroatoms. The number of nitrogens with one attached hydrogen (secondary N) is 1. The summed E-state index contributed by atoms with van der Waals surface area (Å²) in [6, 6.07) is 11.8. The van der Waals surface area contributed by atoms with Gasteiger partial charge in [-0.05, 0) is 24.3 Å². The van der Waals surface area contributed by atoms with Crippen molar-refractivity contribution in [1.82, 2.24) is 15.0 Å². The van der Waals surface area contributed by atoms with E-state index in [4.69, 9.17) is 4.74 Å². The van der Waals surface area contributed by atoms with Crippen molar-refractivity contribution < 1.29 is 4.74 Å². The Bertz CT molecular complexity index is 731. The quantitative estimate of drug-likeness (QED) is 0.728. The van der Waals surface area contributed by atoms with Crippen LogP contribution in [0.4, 0.5) is 5.82 Å². The molecule has 106 valence electrons. The SMILES string of the molecule is COCCNc1nc(-c2cccnc2)nc2ccccc12. The number of methoxy groups -OCH3 is 1. The van der Waals surface area contributed by atoms with Gasteiger partial charge in [0.25, 0.3) is 0 Å². The van der Waals surface area contributed by atoms with E-state index in [1.54, 1.807) is 19.5 Å². The Balaban J connectivity index is 2.06. The van der Waals surface area contributed by atoms with E-state index < -0.39 is 0 Å². The average Bonchev–Trinajstić information content (AvgIpc) is 2.55. The lowest BCUT2D eigenvalue weighted by atomic mass is 10.2. The fraction of sp³-hybridized carbons (Fsp3) is 0.188. The van der Waals surface area contributed by atoms with Gasteiger partial charge in [-0.1, -0.05) is 12.1 Å². The number of ether oxygens (including phenoxy) is 1. The third-order valence-electron chi connectivity index (χ3n) is 3.12. The van der Waals surface area contributed by atoms with Crippen molar-refractivity contribution in [2.45, 2.75) is 0 Å². The zero-order valence-corrected chi connectivity index (χ0v) is 11.8. The van der Waals surface area contributed by atoms with Crippen molar-refractivity contribution in [2.24, 2.45) is 0 Å². The molecule has 2 aromatic heterocycles. The highest BCUT2D eigenvalue weighted by Crippen LogP contribution is 2.24. The lowest BCUT2D eigenvalue weighted by Crippen LogP contribution is -2.10. The number of benzene rings is 1. The molecular formula is C16H16N4O. The molecule has 0 bridgehead atoms. The Morgan fingerprint density at radius 2 is 2.00 bits per heavy atom. The zero-order valence-electron chi connectivity index (χ0n) is 11.8. The van der Waals surface area contributed by atoms with E-state index in [1.807, 2.05) is 36.4 Å². The van der Waals surface area contributed by atoms with Gasteiger partial charge >= 0.3 is 0 Å². The molecule has 0 aliphatic carbocycles. The molecule has 0 saturated heterocycles. The van der Waals surface area contributed by atoms with Crippen molar-refractivity contribution >= 4 is 16.7 Å². The van der Waals surface area contributed by atoms with Crippen LogP contribution in [0, 0.1) is 0 Å². The second-order valence-corrected chi connectivity index (χ2v) is 4.57. The maximum atomic E-state index is 5.07. The molecule has 0 aliphatic rings. The molecule has 0 saturated carbocycles. The minimum Gasteiger partial charge on any atom is -0.383 e. The van der Waals surface area contributed by atoms with E-state index in [1.165, 1.54) is 0 Å². The first-order chi connectivity index (χ1) is 10.4. The van der Waals surface area contributed by atoms with Crippen LogP contribution in [-0.2, 0) is 4.74 Å². The smallest absolute Gasteiger partial charge is 0.163 e. The number of nitrogens with zero attached hydrogens (tertiary/aromatic N) is 3. The molecule has 1 N–H and O–H groups in total. The van der Waals surface area contributed by atoms with Crippen LogP contribution >= 0.6 is 0 Å². The van der Waals surface area contributed by atoms with Gasteiger partial charge in [-0.15, -0.1) is 0 Å². The molecule has 0 radical (unpaired) electrons. The highest BCUT2D eigenvalue weighted by Gasteiger charge is 2.08. The average molecular weight is 280 g/mol. The van der Waals surface area contributed by atoms with E-state index in [9.17, 15) is 0 Å². The lowest BCUT2D eigenvalue weighted by molar-refractivity contribution is 0.210. The second kappa shape index (κ2) is 6.28. The standard InChI is InChI=1S/C16H16N4O/c1-21-10-9-18-16-13-6-2-3-7-14(13)19-15(20-16)12-5-4-8-17-11-12/h2-8,11H,9-10H2,1H3,(H,18,19,20). The minimum absolute atomic E-state index is 0.626. The van der Waals surface area contributed by atoms with Gasteiger partial charge in [0.05, 0.1) is 12.1 Å². The normalized spacial score (nSPS) is 10.7. The van der Waals surface area contributed by atoms with Crippen LogP contribution in [0.25, 0.3) is 22.3 Å². The summed E-state index contributed by atoms with van der Waals surface area (Å²) in [6.07, 6.45) is 3.51. The fourth-order valence-electron chi connectivity index (χ4n) is 2.11. The Kier molecular flexibility index (Phi) is 4.02. The highest BCUT2D eigenvalue weighted by atomic mass is 16.5. The van der Waals surface area contributed by atoms with Crippen LogP contribution in [0.5, 0.6) is 0 Å². The van der Waals surface area contributed by atoms with Gasteiger partial charge in [-0.25, -0.2) is 9.97 Å². The van der Waals surface area contributed by atoms with Gasteiger partial charge in [0.15, 0.2) is 5.82 Å². The monoisotopic (exact) mass is 280 g/mol. The molecule has 0 atom stereocenters. The molecular weight excluding hydrogens is 264 g/mol. The predicted octanol–water partition coefficient (Wildman–Crippen LogP) is 2.75. The number of hydrogen-bond donors (Lipinski definition) is 1. The van der Waals surface area contributed by atoms with Gasteiger partial charge in [-0.3, -0.25) is 4.98 Å². The molecule has 21 heavy (non-hydrogen) atoms. The number of hydrogen-bond acceptors (Lipinski definition) is 5. The van der Waals surface area contributed by atoms with Crippen molar-refractivity contribution in [1.29, 1.82) is 0 Å². The van der Waals surface area contributed by atoms with E-state index in [0.29, 0.717) is 19.0 Å². The van der Waals surface area contributed by atoms with Crippen molar-refractivity contribution in [3.63, 3.8) is 0 Å². The van der Waals surface area contributed by atoms with E-state index in [-0.39, 0.29) is 0 Å².